The lowest BCUT2D eigenvalue weighted by Crippen LogP contribution is -2.23. The predicted octanol–water partition coefficient (Wildman–Crippen LogP) is 3.67. The molecule has 3 heterocycles. The summed E-state index contributed by atoms with van der Waals surface area (Å²) in [7, 11) is 0. The highest BCUT2D eigenvalue weighted by Gasteiger charge is 2.17. The van der Waals surface area contributed by atoms with E-state index in [9.17, 15) is 4.79 Å². The van der Waals surface area contributed by atoms with Crippen LogP contribution >= 0.6 is 11.3 Å². The van der Waals surface area contributed by atoms with Crippen molar-refractivity contribution in [3.8, 4) is 0 Å². The van der Waals surface area contributed by atoms with Gasteiger partial charge in [-0.25, -0.2) is 4.98 Å². The highest BCUT2D eigenvalue weighted by molar-refractivity contribution is 7.07. The van der Waals surface area contributed by atoms with E-state index >= 15 is 0 Å². The minimum absolute atomic E-state index is 0.212. The monoisotopic (exact) mass is 326 g/mol. The average Bonchev–Trinajstić information content (AvgIpc) is 3.22. The largest absolute Gasteiger partial charge is 0.345 e. The second kappa shape index (κ2) is 6.12. The van der Waals surface area contributed by atoms with Gasteiger partial charge in [-0.15, -0.1) is 11.3 Å². The summed E-state index contributed by atoms with van der Waals surface area (Å²) in [5.41, 5.74) is 1.30. The summed E-state index contributed by atoms with van der Waals surface area (Å²) in [5.74, 6) is -0.212. The molecule has 1 saturated carbocycles. The van der Waals surface area contributed by atoms with Gasteiger partial charge in [0.1, 0.15) is 5.65 Å². The lowest BCUT2D eigenvalue weighted by molar-refractivity contribution is 0.0999. The molecule has 0 atom stereocenters. The van der Waals surface area contributed by atoms with E-state index in [4.69, 9.17) is 0 Å². The molecular formula is C17H18N4OS. The molecule has 3 aromatic rings. The number of aromatic nitrogens is 3. The fraction of sp³-hybridized carbons (Fsp3) is 0.353. The quantitative estimate of drug-likeness (QED) is 0.781. The molecule has 0 aliphatic heterocycles. The Morgan fingerprint density at radius 3 is 3.09 bits per heavy atom. The van der Waals surface area contributed by atoms with Gasteiger partial charge in [-0.1, -0.05) is 19.3 Å². The van der Waals surface area contributed by atoms with Crippen LogP contribution in [0.5, 0.6) is 0 Å². The van der Waals surface area contributed by atoms with E-state index in [-0.39, 0.29) is 5.91 Å². The Hall–Kier alpha value is -2.21. The number of nitrogens with one attached hydrogen (secondary N) is 1. The zero-order valence-corrected chi connectivity index (χ0v) is 13.6. The first-order chi connectivity index (χ1) is 11.3. The standard InChI is InChI=1S/C17H18N4OS/c22-16(14-11-19-15-13(14)7-4-8-18-15)20-17-21(9-10-23-17)12-5-2-1-3-6-12/h4,7-12H,1-3,5-6H2,(H,18,19)/b20-17-. The van der Waals surface area contributed by atoms with Crippen LogP contribution in [0.1, 0.15) is 48.5 Å². The van der Waals surface area contributed by atoms with Gasteiger partial charge in [-0.3, -0.25) is 4.79 Å². The normalized spacial score (nSPS) is 17.0. The summed E-state index contributed by atoms with van der Waals surface area (Å²) in [5, 5.41) is 2.83. The van der Waals surface area contributed by atoms with Crippen LogP contribution in [0.4, 0.5) is 0 Å². The zero-order chi connectivity index (χ0) is 15.6. The van der Waals surface area contributed by atoms with Crippen molar-refractivity contribution in [2.45, 2.75) is 38.1 Å². The first kappa shape index (κ1) is 14.4. The van der Waals surface area contributed by atoms with Crippen molar-refractivity contribution in [1.82, 2.24) is 14.5 Å². The molecule has 0 saturated heterocycles. The second-order valence-corrected chi connectivity index (χ2v) is 6.78. The van der Waals surface area contributed by atoms with Gasteiger partial charge >= 0.3 is 0 Å². The van der Waals surface area contributed by atoms with E-state index in [0.717, 1.165) is 15.8 Å². The maximum Gasteiger partial charge on any atom is 0.281 e. The summed E-state index contributed by atoms with van der Waals surface area (Å²) in [6.07, 6.45) is 11.6. The van der Waals surface area contributed by atoms with Crippen LogP contribution in [0.25, 0.3) is 11.0 Å². The molecule has 0 bridgehead atoms. The molecule has 1 amide bonds. The molecule has 0 unspecified atom stereocenters. The molecule has 1 N–H and O–H groups in total. The number of pyridine rings is 1. The Balaban J connectivity index is 1.70. The lowest BCUT2D eigenvalue weighted by atomic mass is 9.95. The van der Waals surface area contributed by atoms with E-state index in [2.05, 4.69) is 25.7 Å². The fourth-order valence-electron chi connectivity index (χ4n) is 3.28. The van der Waals surface area contributed by atoms with Crippen molar-refractivity contribution in [3.63, 3.8) is 0 Å². The van der Waals surface area contributed by atoms with Crippen molar-refractivity contribution in [2.75, 3.05) is 0 Å². The average molecular weight is 326 g/mol. The van der Waals surface area contributed by atoms with Crippen LogP contribution < -0.4 is 4.80 Å². The first-order valence-electron chi connectivity index (χ1n) is 8.00. The number of rotatable bonds is 2. The van der Waals surface area contributed by atoms with Crippen molar-refractivity contribution in [2.24, 2.45) is 4.99 Å². The molecular weight excluding hydrogens is 308 g/mol. The van der Waals surface area contributed by atoms with Gasteiger partial charge in [-0.2, -0.15) is 4.99 Å². The van der Waals surface area contributed by atoms with E-state index in [1.54, 1.807) is 12.4 Å². The van der Waals surface area contributed by atoms with Crippen LogP contribution in [0.2, 0.25) is 0 Å². The summed E-state index contributed by atoms with van der Waals surface area (Å²) in [6, 6.07) is 4.21. The first-order valence-corrected chi connectivity index (χ1v) is 8.88. The van der Waals surface area contributed by atoms with E-state index < -0.39 is 0 Å². The number of amides is 1. The van der Waals surface area contributed by atoms with Crippen LogP contribution in [0.15, 0.2) is 41.1 Å². The minimum atomic E-state index is -0.212. The topological polar surface area (TPSA) is 63.0 Å². The number of hydrogen-bond donors (Lipinski definition) is 1. The molecule has 5 nitrogen and oxygen atoms in total. The third-order valence-corrected chi connectivity index (χ3v) is 5.23. The van der Waals surface area contributed by atoms with Crippen LogP contribution in [-0.2, 0) is 0 Å². The zero-order valence-electron chi connectivity index (χ0n) is 12.7. The molecule has 118 valence electrons. The van der Waals surface area contributed by atoms with Gasteiger partial charge in [0, 0.05) is 35.4 Å². The SMILES string of the molecule is O=C(/N=c1\sccn1C1CCCCC1)c1c[nH]c2ncccc12. The molecule has 4 rings (SSSR count). The summed E-state index contributed by atoms with van der Waals surface area (Å²) >= 11 is 1.52. The molecule has 6 heteroatoms. The van der Waals surface area contributed by atoms with Crippen molar-refractivity contribution < 1.29 is 4.79 Å². The smallest absolute Gasteiger partial charge is 0.281 e. The minimum Gasteiger partial charge on any atom is -0.345 e. The van der Waals surface area contributed by atoms with Crippen molar-refractivity contribution in [1.29, 1.82) is 0 Å². The maximum atomic E-state index is 12.6. The fourth-order valence-corrected chi connectivity index (χ4v) is 4.06. The second-order valence-electron chi connectivity index (χ2n) is 5.90. The predicted molar refractivity (Wildman–Crippen MR) is 90.4 cm³/mol. The van der Waals surface area contributed by atoms with E-state index in [0.29, 0.717) is 11.6 Å². The molecule has 23 heavy (non-hydrogen) atoms. The van der Waals surface area contributed by atoms with Gasteiger partial charge in [0.15, 0.2) is 4.80 Å². The summed E-state index contributed by atoms with van der Waals surface area (Å²) < 4.78 is 2.18. The van der Waals surface area contributed by atoms with E-state index in [1.165, 1.54) is 43.4 Å². The molecule has 0 radical (unpaired) electrons. The number of carbonyl (C=O) groups is 1. The highest BCUT2D eigenvalue weighted by atomic mass is 32.1. The third-order valence-electron chi connectivity index (χ3n) is 4.46. The molecule has 1 fully saturated rings. The van der Waals surface area contributed by atoms with Gasteiger partial charge in [-0.05, 0) is 25.0 Å². The molecule has 1 aliphatic carbocycles. The van der Waals surface area contributed by atoms with Crippen molar-refractivity contribution >= 4 is 28.3 Å². The number of H-pyrrole nitrogens is 1. The van der Waals surface area contributed by atoms with Gasteiger partial charge in [0.2, 0.25) is 0 Å². The number of carbonyl (C=O) groups excluding carboxylic acids is 1. The highest BCUT2D eigenvalue weighted by Crippen LogP contribution is 2.27. The number of nitrogens with zero attached hydrogens (tertiary/aromatic N) is 3. The number of hydrogen-bond acceptors (Lipinski definition) is 3. The Labute approximate surface area is 137 Å². The molecule has 0 aromatic carbocycles. The van der Waals surface area contributed by atoms with Gasteiger partial charge in [0.25, 0.3) is 5.91 Å². The Morgan fingerprint density at radius 1 is 1.35 bits per heavy atom. The summed E-state index contributed by atoms with van der Waals surface area (Å²) in [6.45, 7) is 0. The molecule has 3 aromatic heterocycles. The Morgan fingerprint density at radius 2 is 2.22 bits per heavy atom. The Kier molecular flexibility index (Phi) is 3.83. The lowest BCUT2D eigenvalue weighted by Gasteiger charge is -2.22. The van der Waals surface area contributed by atoms with Crippen molar-refractivity contribution in [3.05, 3.63) is 46.5 Å². The molecule has 0 spiro atoms. The maximum absolute atomic E-state index is 12.6. The Bertz CT molecular complexity index is 898. The molecule has 1 aliphatic rings. The van der Waals surface area contributed by atoms with E-state index in [1.807, 2.05) is 17.5 Å². The van der Waals surface area contributed by atoms with Gasteiger partial charge in [0.05, 0.1) is 5.56 Å². The number of fused-ring (bicyclic) bond motifs is 1. The van der Waals surface area contributed by atoms with Gasteiger partial charge < -0.3 is 9.55 Å². The third kappa shape index (κ3) is 2.74. The van der Waals surface area contributed by atoms with Crippen LogP contribution in [-0.4, -0.2) is 20.4 Å². The van der Waals surface area contributed by atoms with Crippen LogP contribution in [0.3, 0.4) is 0 Å². The number of thiazole rings is 1. The van der Waals surface area contributed by atoms with Crippen LogP contribution in [0, 0.1) is 0 Å². The summed E-state index contributed by atoms with van der Waals surface area (Å²) in [4.78, 5) is 25.0. The number of aromatic amines is 1.